The van der Waals surface area contributed by atoms with Crippen molar-refractivity contribution >= 4 is 16.5 Å². The van der Waals surface area contributed by atoms with Crippen molar-refractivity contribution in [2.75, 3.05) is 0 Å². The van der Waals surface area contributed by atoms with Crippen LogP contribution in [0, 0.1) is 4.91 Å². The molecule has 0 fully saturated rings. The molecule has 0 radical (unpaired) electrons. The Bertz CT molecular complexity index is 538. The van der Waals surface area contributed by atoms with Gasteiger partial charge in [-0.15, -0.1) is 4.91 Å². The largest absolute Gasteiger partial charge is 0.145 e. The summed E-state index contributed by atoms with van der Waals surface area (Å²) in [6.07, 6.45) is 0. The molecular weight excluding hydrogens is 198 g/mol. The molecule has 16 heavy (non-hydrogen) atoms. The molecule has 0 aromatic heterocycles. The van der Waals surface area contributed by atoms with E-state index in [0.29, 0.717) is 5.69 Å². The molecule has 2 heteroatoms. The lowest BCUT2D eigenvalue weighted by molar-refractivity contribution is 0.597. The van der Waals surface area contributed by atoms with Crippen LogP contribution in [0.2, 0.25) is 0 Å². The number of rotatable bonds is 1. The van der Waals surface area contributed by atoms with Crippen molar-refractivity contribution in [1.29, 1.82) is 0 Å². The van der Waals surface area contributed by atoms with Crippen LogP contribution >= 0.6 is 0 Å². The van der Waals surface area contributed by atoms with E-state index in [0.717, 1.165) is 16.3 Å². The second kappa shape index (κ2) is 3.71. The lowest BCUT2D eigenvalue weighted by atomic mass is 9.82. The summed E-state index contributed by atoms with van der Waals surface area (Å²) < 4.78 is 0. The van der Waals surface area contributed by atoms with Gasteiger partial charge in [0.2, 0.25) is 0 Å². The average Bonchev–Trinajstić information content (AvgIpc) is 2.26. The van der Waals surface area contributed by atoms with E-state index in [2.05, 4.69) is 32.0 Å². The Morgan fingerprint density at radius 1 is 1.00 bits per heavy atom. The Hall–Kier alpha value is -1.70. The van der Waals surface area contributed by atoms with Crippen LogP contribution in [0.25, 0.3) is 10.8 Å². The minimum Gasteiger partial charge on any atom is -0.145 e. The number of fused-ring (bicyclic) bond motifs is 1. The maximum atomic E-state index is 10.9. The van der Waals surface area contributed by atoms with Crippen molar-refractivity contribution < 1.29 is 0 Å². The van der Waals surface area contributed by atoms with Gasteiger partial charge in [0.25, 0.3) is 0 Å². The first-order valence-corrected chi connectivity index (χ1v) is 5.39. The van der Waals surface area contributed by atoms with Gasteiger partial charge in [0.15, 0.2) is 0 Å². The summed E-state index contributed by atoms with van der Waals surface area (Å²) in [4.78, 5) is 10.9. The molecule has 0 unspecified atom stereocenters. The normalized spacial score (nSPS) is 11.7. The van der Waals surface area contributed by atoms with Crippen LogP contribution in [0.5, 0.6) is 0 Å². The van der Waals surface area contributed by atoms with Gasteiger partial charge in [0.1, 0.15) is 5.69 Å². The number of benzene rings is 2. The zero-order valence-electron chi connectivity index (χ0n) is 9.82. The van der Waals surface area contributed by atoms with Crippen molar-refractivity contribution in [2.45, 2.75) is 26.2 Å². The van der Waals surface area contributed by atoms with Crippen molar-refractivity contribution in [3.05, 3.63) is 46.9 Å². The fraction of sp³-hybridized carbons (Fsp3) is 0.286. The van der Waals surface area contributed by atoms with Crippen LogP contribution in [0.4, 0.5) is 5.69 Å². The van der Waals surface area contributed by atoms with Crippen LogP contribution in [0.3, 0.4) is 0 Å². The van der Waals surface area contributed by atoms with E-state index in [4.69, 9.17) is 0 Å². The molecule has 0 aliphatic rings. The quantitative estimate of drug-likeness (QED) is 0.639. The van der Waals surface area contributed by atoms with Gasteiger partial charge in [0.05, 0.1) is 0 Å². The molecule has 0 amide bonds. The highest BCUT2D eigenvalue weighted by molar-refractivity contribution is 5.90. The zero-order valence-corrected chi connectivity index (χ0v) is 9.82. The van der Waals surface area contributed by atoms with Crippen LogP contribution in [0.15, 0.2) is 41.6 Å². The number of nitrogens with zero attached hydrogens (tertiary/aromatic N) is 1. The van der Waals surface area contributed by atoms with Gasteiger partial charge in [-0.2, -0.15) is 0 Å². The number of nitroso groups, excluding NO2 is 1. The van der Waals surface area contributed by atoms with E-state index in [-0.39, 0.29) is 5.41 Å². The van der Waals surface area contributed by atoms with E-state index in [1.165, 1.54) is 0 Å². The van der Waals surface area contributed by atoms with Gasteiger partial charge in [-0.1, -0.05) is 51.1 Å². The molecule has 2 aromatic rings. The van der Waals surface area contributed by atoms with Crippen LogP contribution in [0.1, 0.15) is 26.3 Å². The summed E-state index contributed by atoms with van der Waals surface area (Å²) in [5.74, 6) is 0. The Balaban J connectivity index is 2.89. The number of hydrogen-bond acceptors (Lipinski definition) is 2. The Kier molecular flexibility index (Phi) is 2.50. The van der Waals surface area contributed by atoms with E-state index in [1.807, 2.05) is 24.3 Å². The van der Waals surface area contributed by atoms with Gasteiger partial charge in [-0.25, -0.2) is 0 Å². The van der Waals surface area contributed by atoms with Gasteiger partial charge in [0, 0.05) is 0 Å². The smallest absolute Gasteiger partial charge is 0.112 e. The van der Waals surface area contributed by atoms with E-state index < -0.39 is 0 Å². The fourth-order valence-corrected chi connectivity index (χ4v) is 2.12. The molecule has 0 aliphatic heterocycles. The Morgan fingerprint density at radius 2 is 1.69 bits per heavy atom. The lowest BCUT2D eigenvalue weighted by Gasteiger charge is -2.22. The summed E-state index contributed by atoms with van der Waals surface area (Å²) in [5, 5.41) is 5.41. The summed E-state index contributed by atoms with van der Waals surface area (Å²) in [6, 6.07) is 11.8. The highest BCUT2D eigenvalue weighted by Crippen LogP contribution is 2.37. The molecule has 0 aliphatic carbocycles. The first kappa shape index (κ1) is 10.8. The monoisotopic (exact) mass is 213 g/mol. The molecule has 82 valence electrons. The minimum absolute atomic E-state index is 0.0793. The topological polar surface area (TPSA) is 29.4 Å². The molecular formula is C14H15NO. The third kappa shape index (κ3) is 1.71. The first-order valence-electron chi connectivity index (χ1n) is 5.39. The Morgan fingerprint density at radius 3 is 2.31 bits per heavy atom. The fourth-order valence-electron chi connectivity index (χ4n) is 2.12. The standard InChI is InChI=1S/C14H15NO/c1-14(2,3)13-11-7-5-4-6-10(11)8-9-12(13)15-16/h4-9H,1-3H3. The molecule has 2 nitrogen and oxygen atoms in total. The molecule has 0 N–H and O–H groups in total. The van der Waals surface area contributed by atoms with Crippen molar-refractivity contribution in [3.63, 3.8) is 0 Å². The number of hydrogen-bond donors (Lipinski definition) is 0. The summed E-state index contributed by atoms with van der Waals surface area (Å²) >= 11 is 0. The SMILES string of the molecule is CC(C)(C)c1c(N=O)ccc2ccccc12. The molecule has 0 bridgehead atoms. The highest BCUT2D eigenvalue weighted by Gasteiger charge is 2.21. The molecule has 0 saturated carbocycles. The predicted molar refractivity (Wildman–Crippen MR) is 68.1 cm³/mol. The molecule has 0 heterocycles. The summed E-state index contributed by atoms with van der Waals surface area (Å²) in [7, 11) is 0. The van der Waals surface area contributed by atoms with E-state index in [1.54, 1.807) is 6.07 Å². The lowest BCUT2D eigenvalue weighted by Crippen LogP contribution is -2.12. The highest BCUT2D eigenvalue weighted by atomic mass is 16.3. The van der Waals surface area contributed by atoms with E-state index >= 15 is 0 Å². The first-order chi connectivity index (χ1) is 7.54. The second-order valence-electron chi connectivity index (χ2n) is 5.02. The van der Waals surface area contributed by atoms with Crippen LogP contribution < -0.4 is 0 Å². The molecule has 2 aromatic carbocycles. The van der Waals surface area contributed by atoms with Gasteiger partial charge < -0.3 is 0 Å². The van der Waals surface area contributed by atoms with Crippen molar-refractivity contribution in [3.8, 4) is 0 Å². The molecule has 0 saturated heterocycles. The van der Waals surface area contributed by atoms with Gasteiger partial charge in [-0.3, -0.25) is 0 Å². The van der Waals surface area contributed by atoms with Crippen molar-refractivity contribution in [1.82, 2.24) is 0 Å². The molecule has 0 spiro atoms. The third-order valence-electron chi connectivity index (χ3n) is 2.76. The van der Waals surface area contributed by atoms with Crippen molar-refractivity contribution in [2.24, 2.45) is 5.18 Å². The summed E-state index contributed by atoms with van der Waals surface area (Å²) in [6.45, 7) is 6.30. The van der Waals surface area contributed by atoms with Crippen LogP contribution in [-0.2, 0) is 5.41 Å². The Labute approximate surface area is 95.3 Å². The maximum absolute atomic E-state index is 10.9. The predicted octanol–water partition coefficient (Wildman–Crippen LogP) is 4.54. The molecule has 2 rings (SSSR count). The minimum atomic E-state index is -0.0793. The third-order valence-corrected chi connectivity index (χ3v) is 2.76. The zero-order chi connectivity index (χ0) is 11.8. The van der Waals surface area contributed by atoms with Gasteiger partial charge in [-0.05, 0) is 33.0 Å². The second-order valence-corrected chi connectivity index (χ2v) is 5.02. The summed E-state index contributed by atoms with van der Waals surface area (Å²) in [5.41, 5.74) is 1.50. The van der Waals surface area contributed by atoms with Crippen LogP contribution in [-0.4, -0.2) is 0 Å². The average molecular weight is 213 g/mol. The molecule has 0 atom stereocenters. The van der Waals surface area contributed by atoms with E-state index in [9.17, 15) is 4.91 Å². The van der Waals surface area contributed by atoms with Gasteiger partial charge >= 0.3 is 0 Å². The maximum Gasteiger partial charge on any atom is 0.112 e.